The number of halogens is 1. The Morgan fingerprint density at radius 2 is 1.89 bits per heavy atom. The summed E-state index contributed by atoms with van der Waals surface area (Å²) in [7, 11) is 0. The molecule has 0 aliphatic heterocycles. The van der Waals surface area contributed by atoms with Crippen molar-refractivity contribution in [3.05, 3.63) is 53.2 Å². The zero-order valence-corrected chi connectivity index (χ0v) is 15.7. The number of nitriles is 1. The van der Waals surface area contributed by atoms with Crippen LogP contribution in [0.2, 0.25) is 5.02 Å². The summed E-state index contributed by atoms with van der Waals surface area (Å²) in [6.45, 7) is 5.22. The van der Waals surface area contributed by atoms with Gasteiger partial charge in [-0.3, -0.25) is 0 Å². The Hall–Kier alpha value is -3.17. The van der Waals surface area contributed by atoms with Gasteiger partial charge in [-0.2, -0.15) is 5.26 Å². The van der Waals surface area contributed by atoms with Crippen LogP contribution in [0, 0.1) is 11.3 Å². The minimum absolute atomic E-state index is 0.0438. The highest BCUT2D eigenvalue weighted by atomic mass is 35.5. The Morgan fingerprint density at radius 3 is 2.52 bits per heavy atom. The largest absolute Gasteiger partial charge is 0.504 e. The van der Waals surface area contributed by atoms with E-state index in [-0.39, 0.29) is 17.2 Å². The van der Waals surface area contributed by atoms with Gasteiger partial charge in [0, 0.05) is 16.5 Å². The van der Waals surface area contributed by atoms with Crippen LogP contribution in [0.15, 0.2) is 42.5 Å². The quantitative estimate of drug-likeness (QED) is 0.635. The van der Waals surface area contributed by atoms with Crippen LogP contribution >= 0.6 is 11.6 Å². The van der Waals surface area contributed by atoms with E-state index in [1.165, 1.54) is 12.1 Å². The highest BCUT2D eigenvalue weighted by Gasteiger charge is 2.24. The number of para-hydroxylation sites is 2. The van der Waals surface area contributed by atoms with E-state index in [0.29, 0.717) is 21.7 Å². The van der Waals surface area contributed by atoms with Crippen LogP contribution < -0.4 is 4.74 Å². The first-order valence-electron chi connectivity index (χ1n) is 8.14. The molecule has 7 heteroatoms. The smallest absolute Gasteiger partial charge is 0.420 e. The van der Waals surface area contributed by atoms with Crippen molar-refractivity contribution < 1.29 is 19.4 Å². The predicted octanol–water partition coefficient (Wildman–Crippen LogP) is 5.45. The third-order valence-electron chi connectivity index (χ3n) is 3.62. The molecule has 1 heterocycles. The maximum atomic E-state index is 12.6. The third-order valence-corrected chi connectivity index (χ3v) is 3.84. The van der Waals surface area contributed by atoms with Gasteiger partial charge in [0.25, 0.3) is 0 Å². The average molecular weight is 385 g/mol. The molecule has 0 bridgehead atoms. The highest BCUT2D eigenvalue weighted by molar-refractivity contribution is 6.31. The van der Waals surface area contributed by atoms with Crippen LogP contribution in [0.25, 0.3) is 10.9 Å². The number of phenols is 1. The average Bonchev–Trinajstić information content (AvgIpc) is 2.94. The molecular formula is C20H17ClN2O4. The van der Waals surface area contributed by atoms with E-state index in [1.807, 2.05) is 6.07 Å². The number of nitrogens with zero attached hydrogens (tertiary/aromatic N) is 2. The fraction of sp³-hybridized carbons (Fsp3) is 0.200. The van der Waals surface area contributed by atoms with E-state index in [2.05, 4.69) is 0 Å². The molecule has 0 saturated heterocycles. The summed E-state index contributed by atoms with van der Waals surface area (Å²) in [5.41, 5.74) is -0.268. The van der Waals surface area contributed by atoms with Crippen molar-refractivity contribution in [2.75, 3.05) is 0 Å². The standard InChI is InChI=1S/C20H17ClN2O4/c1-20(2,3)27-19(25)23-13(11-22)10-14-15(23)8-12(21)9-18(14)26-17-7-5-4-6-16(17)24/h4-10,24H,1-3H3. The van der Waals surface area contributed by atoms with E-state index >= 15 is 0 Å². The van der Waals surface area contributed by atoms with Gasteiger partial charge in [-0.05, 0) is 45.0 Å². The summed E-state index contributed by atoms with van der Waals surface area (Å²) in [4.78, 5) is 12.6. The highest BCUT2D eigenvalue weighted by Crippen LogP contribution is 2.38. The first-order chi connectivity index (χ1) is 12.7. The number of carbonyl (C=O) groups excluding carboxylic acids is 1. The van der Waals surface area contributed by atoms with E-state index in [4.69, 9.17) is 21.1 Å². The van der Waals surface area contributed by atoms with Gasteiger partial charge >= 0.3 is 6.09 Å². The van der Waals surface area contributed by atoms with Gasteiger partial charge in [-0.25, -0.2) is 9.36 Å². The monoisotopic (exact) mass is 384 g/mol. The number of fused-ring (bicyclic) bond motifs is 1. The maximum absolute atomic E-state index is 12.6. The van der Waals surface area contributed by atoms with E-state index in [9.17, 15) is 15.2 Å². The molecule has 0 aliphatic rings. The lowest BCUT2D eigenvalue weighted by atomic mass is 10.2. The summed E-state index contributed by atoms with van der Waals surface area (Å²) in [5.74, 6) is 0.486. The van der Waals surface area contributed by atoms with Gasteiger partial charge in [-0.1, -0.05) is 23.7 Å². The molecule has 138 valence electrons. The maximum Gasteiger partial charge on any atom is 0.420 e. The lowest BCUT2D eigenvalue weighted by Gasteiger charge is -2.20. The number of ether oxygens (including phenoxy) is 2. The predicted molar refractivity (Wildman–Crippen MR) is 101 cm³/mol. The summed E-state index contributed by atoms with van der Waals surface area (Å²) >= 11 is 6.20. The number of hydrogen-bond acceptors (Lipinski definition) is 5. The third kappa shape index (κ3) is 3.83. The Morgan fingerprint density at radius 1 is 1.19 bits per heavy atom. The lowest BCUT2D eigenvalue weighted by Crippen LogP contribution is -2.27. The first-order valence-corrected chi connectivity index (χ1v) is 8.52. The Bertz CT molecular complexity index is 1070. The molecule has 27 heavy (non-hydrogen) atoms. The van der Waals surface area contributed by atoms with Crippen LogP contribution in [0.1, 0.15) is 26.5 Å². The molecular weight excluding hydrogens is 368 g/mol. The van der Waals surface area contributed by atoms with Crippen molar-refractivity contribution in [1.82, 2.24) is 4.57 Å². The van der Waals surface area contributed by atoms with Crippen molar-refractivity contribution in [2.45, 2.75) is 26.4 Å². The number of rotatable bonds is 2. The molecule has 0 unspecified atom stereocenters. The Balaban J connectivity index is 2.17. The molecule has 3 aromatic rings. The van der Waals surface area contributed by atoms with Gasteiger partial charge < -0.3 is 14.6 Å². The van der Waals surface area contributed by atoms with Crippen molar-refractivity contribution in [1.29, 1.82) is 5.26 Å². The molecule has 0 spiro atoms. The number of carbonyl (C=O) groups is 1. The topological polar surface area (TPSA) is 84.5 Å². The zero-order chi connectivity index (χ0) is 19.8. The molecule has 0 radical (unpaired) electrons. The Kier molecular flexibility index (Phi) is 4.73. The second-order valence-electron chi connectivity index (χ2n) is 6.86. The molecule has 0 atom stereocenters. The molecule has 1 aromatic heterocycles. The van der Waals surface area contributed by atoms with E-state index in [0.717, 1.165) is 4.57 Å². The van der Waals surface area contributed by atoms with Gasteiger partial charge in [-0.15, -0.1) is 0 Å². The van der Waals surface area contributed by atoms with Crippen molar-refractivity contribution >= 4 is 28.6 Å². The fourth-order valence-electron chi connectivity index (χ4n) is 2.57. The number of hydrogen-bond donors (Lipinski definition) is 1. The summed E-state index contributed by atoms with van der Waals surface area (Å²) in [6, 6.07) is 13.1. The summed E-state index contributed by atoms with van der Waals surface area (Å²) in [5, 5.41) is 20.2. The van der Waals surface area contributed by atoms with E-state index in [1.54, 1.807) is 51.1 Å². The minimum Gasteiger partial charge on any atom is -0.504 e. The normalized spacial score (nSPS) is 11.2. The number of aromatic hydroxyl groups is 1. The number of phenolic OH excluding ortho intramolecular Hbond substituents is 1. The summed E-state index contributed by atoms with van der Waals surface area (Å²) < 4.78 is 12.3. The fourth-order valence-corrected chi connectivity index (χ4v) is 2.78. The van der Waals surface area contributed by atoms with Crippen LogP contribution in [0.5, 0.6) is 17.2 Å². The molecule has 2 aromatic carbocycles. The number of benzene rings is 2. The molecule has 6 nitrogen and oxygen atoms in total. The van der Waals surface area contributed by atoms with Crippen LogP contribution in [0.4, 0.5) is 4.79 Å². The Labute approximate surface area is 161 Å². The molecule has 0 saturated carbocycles. The van der Waals surface area contributed by atoms with Crippen LogP contribution in [-0.4, -0.2) is 21.4 Å². The molecule has 0 fully saturated rings. The zero-order valence-electron chi connectivity index (χ0n) is 15.0. The van der Waals surface area contributed by atoms with Crippen molar-refractivity contribution in [3.8, 4) is 23.3 Å². The number of aromatic nitrogens is 1. The summed E-state index contributed by atoms with van der Waals surface area (Å²) in [6.07, 6.45) is -0.690. The van der Waals surface area contributed by atoms with Gasteiger partial charge in [0.15, 0.2) is 11.5 Å². The second kappa shape index (κ2) is 6.86. The second-order valence-corrected chi connectivity index (χ2v) is 7.30. The van der Waals surface area contributed by atoms with Gasteiger partial charge in [0.05, 0.1) is 5.52 Å². The SMILES string of the molecule is CC(C)(C)OC(=O)n1c(C#N)cc2c(Oc3ccccc3O)cc(Cl)cc21. The molecule has 0 aliphatic carbocycles. The molecule has 1 N–H and O–H groups in total. The van der Waals surface area contributed by atoms with Crippen LogP contribution in [-0.2, 0) is 4.74 Å². The molecule has 0 amide bonds. The van der Waals surface area contributed by atoms with Gasteiger partial charge in [0.1, 0.15) is 23.1 Å². The lowest BCUT2D eigenvalue weighted by molar-refractivity contribution is 0.0543. The van der Waals surface area contributed by atoms with E-state index < -0.39 is 11.7 Å². The van der Waals surface area contributed by atoms with Crippen molar-refractivity contribution in [2.24, 2.45) is 0 Å². The van der Waals surface area contributed by atoms with Crippen molar-refractivity contribution in [3.63, 3.8) is 0 Å². The van der Waals surface area contributed by atoms with Crippen LogP contribution in [0.3, 0.4) is 0 Å². The first kappa shape index (κ1) is 18.6. The van der Waals surface area contributed by atoms with Gasteiger partial charge in [0.2, 0.25) is 0 Å². The minimum atomic E-state index is -0.728. The molecule has 3 rings (SSSR count).